The number of piperidine rings is 1. The first kappa shape index (κ1) is 13.2. The Hall–Kier alpha value is -1.20. The number of aliphatic hydroxyl groups excluding tert-OH is 1. The average Bonchev–Trinajstić information content (AvgIpc) is 2.40. The van der Waals surface area contributed by atoms with Gasteiger partial charge in [0.25, 0.3) is 0 Å². The van der Waals surface area contributed by atoms with E-state index in [-0.39, 0.29) is 6.61 Å². The van der Waals surface area contributed by atoms with Crippen molar-refractivity contribution in [2.45, 2.75) is 18.8 Å². The molecule has 0 radical (unpaired) electrons. The third-order valence-corrected chi connectivity index (χ3v) is 3.63. The summed E-state index contributed by atoms with van der Waals surface area (Å²) in [5.41, 5.74) is 1.10. The number of nitrogens with zero attached hydrogens (tertiary/aromatic N) is 4. The van der Waals surface area contributed by atoms with Gasteiger partial charge in [-0.3, -0.25) is 0 Å². The largest absolute Gasteiger partial charge is 0.395 e. The van der Waals surface area contributed by atoms with Crippen molar-refractivity contribution < 1.29 is 5.11 Å². The Kier molecular flexibility index (Phi) is 4.49. The lowest BCUT2D eigenvalue weighted by molar-refractivity contribution is 0.253. The number of rotatable bonds is 4. The van der Waals surface area contributed by atoms with Crippen molar-refractivity contribution in [3.05, 3.63) is 17.8 Å². The lowest BCUT2D eigenvalue weighted by Crippen LogP contribution is -2.29. The molecule has 0 aromatic carbocycles. The maximum atomic E-state index is 8.89. The highest BCUT2D eigenvalue weighted by atomic mass is 16.3. The normalized spacial score (nSPS) is 17.9. The van der Waals surface area contributed by atoms with Crippen LogP contribution in [0.3, 0.4) is 0 Å². The van der Waals surface area contributed by atoms with Crippen molar-refractivity contribution in [2.24, 2.45) is 0 Å². The molecule has 1 N–H and O–H groups in total. The summed E-state index contributed by atoms with van der Waals surface area (Å²) >= 11 is 0. The van der Waals surface area contributed by atoms with Crippen LogP contribution in [0.15, 0.2) is 12.1 Å². The van der Waals surface area contributed by atoms with Gasteiger partial charge in [-0.2, -0.15) is 5.10 Å². The maximum absolute atomic E-state index is 8.89. The number of likely N-dealkylation sites (tertiary alicyclic amines) is 1. The average molecular weight is 250 g/mol. The molecule has 0 amide bonds. The number of hydrogen-bond acceptors (Lipinski definition) is 5. The molecule has 5 nitrogen and oxygen atoms in total. The number of aromatic nitrogens is 2. The molecule has 1 saturated heterocycles. The van der Waals surface area contributed by atoms with Gasteiger partial charge < -0.3 is 14.9 Å². The molecule has 1 aliphatic heterocycles. The quantitative estimate of drug-likeness (QED) is 0.853. The number of anilines is 1. The van der Waals surface area contributed by atoms with Gasteiger partial charge in [0, 0.05) is 19.5 Å². The molecule has 0 bridgehead atoms. The Morgan fingerprint density at radius 2 is 2.06 bits per heavy atom. The molecule has 5 heteroatoms. The lowest BCUT2D eigenvalue weighted by Gasteiger charge is -2.28. The van der Waals surface area contributed by atoms with Crippen molar-refractivity contribution in [1.82, 2.24) is 15.1 Å². The second-order valence-corrected chi connectivity index (χ2v) is 5.04. The predicted molar refractivity (Wildman–Crippen MR) is 71.9 cm³/mol. The van der Waals surface area contributed by atoms with Gasteiger partial charge in [-0.15, -0.1) is 5.10 Å². The van der Waals surface area contributed by atoms with Gasteiger partial charge in [0.15, 0.2) is 5.82 Å². The van der Waals surface area contributed by atoms with Crippen molar-refractivity contribution in [3.8, 4) is 0 Å². The number of hydrogen-bond donors (Lipinski definition) is 1. The van der Waals surface area contributed by atoms with Crippen molar-refractivity contribution >= 4 is 5.82 Å². The molecule has 18 heavy (non-hydrogen) atoms. The molecule has 2 heterocycles. The van der Waals surface area contributed by atoms with E-state index in [9.17, 15) is 0 Å². The summed E-state index contributed by atoms with van der Waals surface area (Å²) in [6.45, 7) is 2.99. The van der Waals surface area contributed by atoms with Crippen LogP contribution >= 0.6 is 0 Å². The van der Waals surface area contributed by atoms with E-state index in [1.807, 2.05) is 18.0 Å². The third kappa shape index (κ3) is 3.17. The SMILES string of the molecule is CN1CCC(c2ccc(N(C)CCO)nn2)CC1. The summed E-state index contributed by atoms with van der Waals surface area (Å²) in [5.74, 6) is 1.37. The summed E-state index contributed by atoms with van der Waals surface area (Å²) < 4.78 is 0. The molecule has 0 aliphatic carbocycles. The zero-order valence-corrected chi connectivity index (χ0v) is 11.2. The maximum Gasteiger partial charge on any atom is 0.151 e. The minimum Gasteiger partial charge on any atom is -0.395 e. The van der Waals surface area contributed by atoms with Gasteiger partial charge in [-0.25, -0.2) is 0 Å². The molecular weight excluding hydrogens is 228 g/mol. The van der Waals surface area contributed by atoms with Gasteiger partial charge in [0.1, 0.15) is 0 Å². The Bertz CT molecular complexity index is 360. The Balaban J connectivity index is 1.99. The summed E-state index contributed by atoms with van der Waals surface area (Å²) in [5, 5.41) is 17.5. The van der Waals surface area contributed by atoms with Crippen LogP contribution in [-0.2, 0) is 0 Å². The molecule has 0 unspecified atom stereocenters. The van der Waals surface area contributed by atoms with Crippen LogP contribution in [-0.4, -0.2) is 60.5 Å². The Morgan fingerprint density at radius 1 is 1.33 bits per heavy atom. The highest BCUT2D eigenvalue weighted by Gasteiger charge is 2.19. The van der Waals surface area contributed by atoms with Crippen molar-refractivity contribution in [2.75, 3.05) is 45.2 Å². The van der Waals surface area contributed by atoms with Crippen LogP contribution < -0.4 is 4.90 Å². The van der Waals surface area contributed by atoms with Crippen LogP contribution in [0.25, 0.3) is 0 Å². The van der Waals surface area contributed by atoms with Crippen molar-refractivity contribution in [1.29, 1.82) is 0 Å². The van der Waals surface area contributed by atoms with E-state index in [4.69, 9.17) is 5.11 Å². The topological polar surface area (TPSA) is 52.5 Å². The van der Waals surface area contributed by atoms with E-state index in [1.165, 1.54) is 0 Å². The van der Waals surface area contributed by atoms with Crippen molar-refractivity contribution in [3.63, 3.8) is 0 Å². The standard InChI is InChI=1S/C13H22N4O/c1-16-7-5-11(6-8-16)12-3-4-13(15-14-12)17(2)9-10-18/h3-4,11,18H,5-10H2,1-2H3. The third-order valence-electron chi connectivity index (χ3n) is 3.63. The molecule has 1 fully saturated rings. The summed E-state index contributed by atoms with van der Waals surface area (Å²) in [7, 11) is 4.07. The predicted octanol–water partition coefficient (Wildman–Crippen LogP) is 0.714. The monoisotopic (exact) mass is 250 g/mol. The van der Waals surface area contributed by atoms with Gasteiger partial charge >= 0.3 is 0 Å². The molecule has 1 aliphatic rings. The first-order chi connectivity index (χ1) is 8.70. The Morgan fingerprint density at radius 3 is 2.61 bits per heavy atom. The summed E-state index contributed by atoms with van der Waals surface area (Å²) in [6.07, 6.45) is 2.33. The fourth-order valence-electron chi connectivity index (χ4n) is 2.33. The molecule has 1 aromatic heterocycles. The second kappa shape index (κ2) is 6.11. The van der Waals surface area contributed by atoms with Crippen LogP contribution in [0, 0.1) is 0 Å². The highest BCUT2D eigenvalue weighted by Crippen LogP contribution is 2.26. The molecule has 100 valence electrons. The van der Waals surface area contributed by atoms with Gasteiger partial charge in [-0.1, -0.05) is 0 Å². The molecule has 0 saturated carbocycles. The van der Waals surface area contributed by atoms with Crippen LogP contribution in [0.5, 0.6) is 0 Å². The molecule has 0 spiro atoms. The van der Waals surface area contributed by atoms with Crippen LogP contribution in [0.2, 0.25) is 0 Å². The van der Waals surface area contributed by atoms with Gasteiger partial charge in [-0.05, 0) is 45.1 Å². The smallest absolute Gasteiger partial charge is 0.151 e. The Labute approximate surface area is 108 Å². The lowest BCUT2D eigenvalue weighted by atomic mass is 9.94. The zero-order valence-electron chi connectivity index (χ0n) is 11.2. The fourth-order valence-corrected chi connectivity index (χ4v) is 2.33. The minimum atomic E-state index is 0.134. The van der Waals surface area contributed by atoms with Gasteiger partial charge in [0.05, 0.1) is 12.3 Å². The molecule has 1 aromatic rings. The minimum absolute atomic E-state index is 0.134. The van der Waals surface area contributed by atoms with E-state index in [1.54, 1.807) is 0 Å². The molecule has 2 rings (SSSR count). The zero-order chi connectivity index (χ0) is 13.0. The van der Waals surface area contributed by atoms with Gasteiger partial charge in [0.2, 0.25) is 0 Å². The number of aliphatic hydroxyl groups is 1. The summed E-state index contributed by atoms with van der Waals surface area (Å²) in [4.78, 5) is 4.26. The fraction of sp³-hybridized carbons (Fsp3) is 0.692. The van der Waals surface area contributed by atoms with E-state index in [2.05, 4.69) is 28.2 Å². The van der Waals surface area contributed by atoms with E-state index in [0.717, 1.165) is 37.4 Å². The molecule has 0 atom stereocenters. The first-order valence-corrected chi connectivity index (χ1v) is 6.55. The first-order valence-electron chi connectivity index (χ1n) is 6.55. The van der Waals surface area contributed by atoms with E-state index in [0.29, 0.717) is 12.5 Å². The highest BCUT2D eigenvalue weighted by molar-refractivity contribution is 5.36. The van der Waals surface area contributed by atoms with Crippen LogP contribution in [0.4, 0.5) is 5.82 Å². The molecular formula is C13H22N4O. The van der Waals surface area contributed by atoms with Crippen LogP contribution in [0.1, 0.15) is 24.5 Å². The second-order valence-electron chi connectivity index (χ2n) is 5.04. The van der Waals surface area contributed by atoms with E-state index < -0.39 is 0 Å². The van der Waals surface area contributed by atoms with E-state index >= 15 is 0 Å². The summed E-state index contributed by atoms with van der Waals surface area (Å²) in [6, 6.07) is 4.07. The number of likely N-dealkylation sites (N-methyl/N-ethyl adjacent to an activating group) is 1.